The Morgan fingerprint density at radius 1 is 1.27 bits per heavy atom. The standard InChI is InChI=1S/C11H7BrN2S/c12-10-4-2-1-3-7(10)9-6-15-11(14)8(9)5-13/h1-4,6H,14H2. The molecule has 1 aromatic carbocycles. The number of nitrogen functional groups attached to an aromatic ring is 1. The SMILES string of the molecule is N#Cc1c(-c2ccccc2Br)csc1N. The molecule has 0 saturated heterocycles. The van der Waals surface area contributed by atoms with Crippen molar-refractivity contribution in [2.45, 2.75) is 0 Å². The molecule has 1 heterocycles. The molecular weight excluding hydrogens is 272 g/mol. The van der Waals surface area contributed by atoms with Gasteiger partial charge in [0, 0.05) is 15.4 Å². The molecule has 15 heavy (non-hydrogen) atoms. The highest BCUT2D eigenvalue weighted by Gasteiger charge is 2.12. The predicted octanol–water partition coefficient (Wildman–Crippen LogP) is 3.63. The molecule has 0 aliphatic heterocycles. The number of halogens is 1. The van der Waals surface area contributed by atoms with Crippen LogP contribution in [0.15, 0.2) is 34.1 Å². The summed E-state index contributed by atoms with van der Waals surface area (Å²) in [5, 5.41) is 11.5. The van der Waals surface area contributed by atoms with Crippen molar-refractivity contribution in [1.29, 1.82) is 5.26 Å². The van der Waals surface area contributed by atoms with Gasteiger partial charge in [-0.15, -0.1) is 11.3 Å². The molecule has 2 N–H and O–H groups in total. The van der Waals surface area contributed by atoms with Crippen molar-refractivity contribution in [2.75, 3.05) is 5.73 Å². The van der Waals surface area contributed by atoms with Gasteiger partial charge in [-0.05, 0) is 11.6 Å². The Hall–Kier alpha value is -1.31. The highest BCUT2D eigenvalue weighted by atomic mass is 79.9. The molecule has 0 aliphatic carbocycles. The molecule has 0 atom stereocenters. The minimum Gasteiger partial charge on any atom is -0.389 e. The smallest absolute Gasteiger partial charge is 0.104 e. The van der Waals surface area contributed by atoms with Crippen LogP contribution in [0.4, 0.5) is 5.00 Å². The van der Waals surface area contributed by atoms with E-state index in [1.807, 2.05) is 29.6 Å². The first kappa shape index (κ1) is 10.2. The number of hydrogen-bond acceptors (Lipinski definition) is 3. The van der Waals surface area contributed by atoms with Gasteiger partial charge in [0.05, 0.1) is 5.56 Å². The fourth-order valence-electron chi connectivity index (χ4n) is 1.37. The van der Waals surface area contributed by atoms with Crippen LogP contribution in [0, 0.1) is 11.3 Å². The summed E-state index contributed by atoms with van der Waals surface area (Å²) in [6.45, 7) is 0. The first-order valence-corrected chi connectivity index (χ1v) is 5.93. The van der Waals surface area contributed by atoms with E-state index < -0.39 is 0 Å². The van der Waals surface area contributed by atoms with Crippen molar-refractivity contribution in [1.82, 2.24) is 0 Å². The molecule has 1 aromatic heterocycles. The van der Waals surface area contributed by atoms with Crippen molar-refractivity contribution in [2.24, 2.45) is 0 Å². The third-order valence-corrected chi connectivity index (χ3v) is 3.60. The van der Waals surface area contributed by atoms with E-state index in [-0.39, 0.29) is 0 Å². The van der Waals surface area contributed by atoms with Crippen molar-refractivity contribution in [3.8, 4) is 17.2 Å². The lowest BCUT2D eigenvalue weighted by atomic mass is 10.1. The fourth-order valence-corrected chi connectivity index (χ4v) is 2.63. The zero-order valence-electron chi connectivity index (χ0n) is 7.70. The number of anilines is 1. The van der Waals surface area contributed by atoms with Gasteiger partial charge in [-0.3, -0.25) is 0 Å². The number of rotatable bonds is 1. The number of nitrogens with zero attached hydrogens (tertiary/aromatic N) is 1. The largest absolute Gasteiger partial charge is 0.389 e. The van der Waals surface area contributed by atoms with Crippen LogP contribution in [0.2, 0.25) is 0 Å². The number of nitrogens with two attached hydrogens (primary N) is 1. The van der Waals surface area contributed by atoms with E-state index in [4.69, 9.17) is 11.0 Å². The summed E-state index contributed by atoms with van der Waals surface area (Å²) < 4.78 is 0.972. The van der Waals surface area contributed by atoms with Crippen LogP contribution < -0.4 is 5.73 Å². The quantitative estimate of drug-likeness (QED) is 0.866. The van der Waals surface area contributed by atoms with Crippen molar-refractivity contribution in [3.05, 3.63) is 39.7 Å². The Bertz CT molecular complexity index is 540. The van der Waals surface area contributed by atoms with Crippen LogP contribution in [0.1, 0.15) is 5.56 Å². The van der Waals surface area contributed by atoms with Crippen LogP contribution in [0.25, 0.3) is 11.1 Å². The average molecular weight is 279 g/mol. The maximum Gasteiger partial charge on any atom is 0.104 e. The summed E-state index contributed by atoms with van der Waals surface area (Å²) in [6, 6.07) is 9.93. The zero-order valence-corrected chi connectivity index (χ0v) is 10.1. The number of nitriles is 1. The Balaban J connectivity index is 2.66. The number of hydrogen-bond donors (Lipinski definition) is 1. The molecule has 0 aliphatic rings. The topological polar surface area (TPSA) is 49.8 Å². The van der Waals surface area contributed by atoms with Crippen LogP contribution in [0.5, 0.6) is 0 Å². The normalized spacial score (nSPS) is 9.87. The predicted molar refractivity (Wildman–Crippen MR) is 66.6 cm³/mol. The second kappa shape index (κ2) is 4.05. The second-order valence-electron chi connectivity index (χ2n) is 2.98. The Labute approximate surface area is 100 Å². The van der Waals surface area contributed by atoms with E-state index in [1.165, 1.54) is 11.3 Å². The summed E-state index contributed by atoms with van der Waals surface area (Å²) in [4.78, 5) is 0. The Morgan fingerprint density at radius 2 is 2.00 bits per heavy atom. The van der Waals surface area contributed by atoms with E-state index in [0.29, 0.717) is 10.6 Å². The van der Waals surface area contributed by atoms with Crippen LogP contribution in [0.3, 0.4) is 0 Å². The average Bonchev–Trinajstić information content (AvgIpc) is 2.60. The van der Waals surface area contributed by atoms with Crippen molar-refractivity contribution >= 4 is 32.3 Å². The highest BCUT2D eigenvalue weighted by Crippen LogP contribution is 2.36. The first-order valence-electron chi connectivity index (χ1n) is 4.26. The van der Waals surface area contributed by atoms with Gasteiger partial charge in [0.2, 0.25) is 0 Å². The molecule has 2 nitrogen and oxygen atoms in total. The minimum atomic E-state index is 0.562. The molecule has 0 spiro atoms. The summed E-state index contributed by atoms with van der Waals surface area (Å²) in [5.74, 6) is 0. The Kier molecular flexibility index (Phi) is 2.76. The Morgan fingerprint density at radius 3 is 2.67 bits per heavy atom. The minimum absolute atomic E-state index is 0.562. The number of thiophene rings is 1. The van der Waals surface area contributed by atoms with E-state index in [1.54, 1.807) is 0 Å². The molecular formula is C11H7BrN2S. The van der Waals surface area contributed by atoms with Gasteiger partial charge in [-0.25, -0.2) is 0 Å². The lowest BCUT2D eigenvalue weighted by molar-refractivity contribution is 1.50. The van der Waals surface area contributed by atoms with Gasteiger partial charge in [0.25, 0.3) is 0 Å². The van der Waals surface area contributed by atoms with Gasteiger partial charge in [-0.2, -0.15) is 5.26 Å². The van der Waals surface area contributed by atoms with Gasteiger partial charge in [0.15, 0.2) is 0 Å². The molecule has 74 valence electrons. The van der Waals surface area contributed by atoms with E-state index >= 15 is 0 Å². The van der Waals surface area contributed by atoms with Crippen LogP contribution in [-0.4, -0.2) is 0 Å². The third-order valence-electron chi connectivity index (χ3n) is 2.10. The van der Waals surface area contributed by atoms with Gasteiger partial charge >= 0.3 is 0 Å². The monoisotopic (exact) mass is 278 g/mol. The molecule has 0 bridgehead atoms. The molecule has 0 unspecified atom stereocenters. The lowest BCUT2D eigenvalue weighted by Gasteiger charge is -2.01. The van der Waals surface area contributed by atoms with Gasteiger partial charge in [-0.1, -0.05) is 34.1 Å². The fraction of sp³-hybridized carbons (Fsp3) is 0. The molecule has 2 aromatic rings. The van der Waals surface area contributed by atoms with Gasteiger partial charge in [0.1, 0.15) is 11.1 Å². The molecule has 0 amide bonds. The molecule has 0 saturated carbocycles. The van der Waals surface area contributed by atoms with E-state index in [2.05, 4.69) is 22.0 Å². The molecule has 0 fully saturated rings. The summed E-state index contributed by atoms with van der Waals surface area (Å²) in [5.41, 5.74) is 8.18. The summed E-state index contributed by atoms with van der Waals surface area (Å²) >= 11 is 4.85. The van der Waals surface area contributed by atoms with E-state index in [0.717, 1.165) is 15.6 Å². The van der Waals surface area contributed by atoms with Crippen LogP contribution >= 0.6 is 27.3 Å². The molecule has 0 radical (unpaired) electrons. The first-order chi connectivity index (χ1) is 7.24. The van der Waals surface area contributed by atoms with Crippen molar-refractivity contribution < 1.29 is 0 Å². The van der Waals surface area contributed by atoms with Gasteiger partial charge < -0.3 is 5.73 Å². The lowest BCUT2D eigenvalue weighted by Crippen LogP contribution is -1.85. The number of benzene rings is 1. The molecule has 4 heteroatoms. The molecule has 2 rings (SSSR count). The second-order valence-corrected chi connectivity index (χ2v) is 4.75. The summed E-state index contributed by atoms with van der Waals surface area (Å²) in [6.07, 6.45) is 0. The van der Waals surface area contributed by atoms with Crippen LogP contribution in [-0.2, 0) is 0 Å². The maximum absolute atomic E-state index is 9.00. The van der Waals surface area contributed by atoms with Crippen molar-refractivity contribution in [3.63, 3.8) is 0 Å². The highest BCUT2D eigenvalue weighted by molar-refractivity contribution is 9.10. The third kappa shape index (κ3) is 1.76. The van der Waals surface area contributed by atoms with E-state index in [9.17, 15) is 0 Å². The maximum atomic E-state index is 9.00. The summed E-state index contributed by atoms with van der Waals surface area (Å²) in [7, 11) is 0. The zero-order chi connectivity index (χ0) is 10.8.